The van der Waals surface area contributed by atoms with Gasteiger partial charge in [-0.1, -0.05) is 0 Å². The average molecular weight is 202 g/mol. The number of imidazole rings is 1. The SMILES string of the molecule is Cc1nc2ccc([N+](=O)[O-])cn2c1C#N. The van der Waals surface area contributed by atoms with Gasteiger partial charge in [0.1, 0.15) is 17.4 Å². The van der Waals surface area contributed by atoms with Crippen LogP contribution in [0.25, 0.3) is 5.65 Å². The Morgan fingerprint density at radius 2 is 2.33 bits per heavy atom. The Balaban J connectivity index is 2.80. The molecule has 15 heavy (non-hydrogen) atoms. The molecule has 0 aliphatic rings. The fraction of sp³-hybridized carbons (Fsp3) is 0.111. The molecule has 0 aromatic carbocycles. The molecule has 0 amide bonds. The van der Waals surface area contributed by atoms with Crippen LogP contribution >= 0.6 is 0 Å². The van der Waals surface area contributed by atoms with Crippen LogP contribution in [-0.2, 0) is 0 Å². The maximum atomic E-state index is 10.5. The van der Waals surface area contributed by atoms with E-state index in [-0.39, 0.29) is 5.69 Å². The number of hydrogen-bond acceptors (Lipinski definition) is 4. The molecule has 6 nitrogen and oxygen atoms in total. The van der Waals surface area contributed by atoms with Crippen LogP contribution in [0.15, 0.2) is 18.3 Å². The first-order valence-corrected chi connectivity index (χ1v) is 4.16. The summed E-state index contributed by atoms with van der Waals surface area (Å²) < 4.78 is 1.42. The van der Waals surface area contributed by atoms with E-state index in [2.05, 4.69) is 4.98 Å². The van der Waals surface area contributed by atoms with E-state index in [0.717, 1.165) is 0 Å². The molecule has 74 valence electrons. The van der Waals surface area contributed by atoms with Crippen molar-refractivity contribution in [2.24, 2.45) is 0 Å². The van der Waals surface area contributed by atoms with Gasteiger partial charge in [-0.2, -0.15) is 5.26 Å². The number of aryl methyl sites for hydroxylation is 1. The van der Waals surface area contributed by atoms with Gasteiger partial charge in [-0.15, -0.1) is 0 Å². The van der Waals surface area contributed by atoms with Gasteiger partial charge in [0.05, 0.1) is 16.8 Å². The number of rotatable bonds is 1. The summed E-state index contributed by atoms with van der Waals surface area (Å²) in [5, 5.41) is 19.4. The third-order valence-corrected chi connectivity index (χ3v) is 2.09. The fourth-order valence-corrected chi connectivity index (χ4v) is 1.39. The monoisotopic (exact) mass is 202 g/mol. The van der Waals surface area contributed by atoms with Gasteiger partial charge in [0, 0.05) is 6.07 Å². The Morgan fingerprint density at radius 3 is 2.93 bits per heavy atom. The highest BCUT2D eigenvalue weighted by Gasteiger charge is 2.12. The summed E-state index contributed by atoms with van der Waals surface area (Å²) >= 11 is 0. The van der Waals surface area contributed by atoms with Crippen molar-refractivity contribution in [1.29, 1.82) is 5.26 Å². The molecule has 0 saturated heterocycles. The van der Waals surface area contributed by atoms with E-state index < -0.39 is 4.92 Å². The van der Waals surface area contributed by atoms with E-state index >= 15 is 0 Å². The average Bonchev–Trinajstić information content (AvgIpc) is 2.51. The van der Waals surface area contributed by atoms with Crippen molar-refractivity contribution in [3.63, 3.8) is 0 Å². The van der Waals surface area contributed by atoms with E-state index in [1.807, 2.05) is 6.07 Å². The first kappa shape index (κ1) is 9.15. The van der Waals surface area contributed by atoms with E-state index in [1.54, 1.807) is 6.92 Å². The number of nitriles is 1. The molecule has 2 aromatic heterocycles. The summed E-state index contributed by atoms with van der Waals surface area (Å²) in [6.45, 7) is 1.69. The lowest BCUT2D eigenvalue weighted by Crippen LogP contribution is -1.93. The highest BCUT2D eigenvalue weighted by atomic mass is 16.6. The summed E-state index contributed by atoms with van der Waals surface area (Å²) in [6, 6.07) is 4.85. The van der Waals surface area contributed by atoms with Crippen molar-refractivity contribution >= 4 is 11.3 Å². The van der Waals surface area contributed by atoms with Crippen molar-refractivity contribution in [3.8, 4) is 6.07 Å². The van der Waals surface area contributed by atoms with E-state index in [9.17, 15) is 10.1 Å². The first-order valence-electron chi connectivity index (χ1n) is 4.16. The quantitative estimate of drug-likeness (QED) is 0.517. The van der Waals surface area contributed by atoms with Gasteiger partial charge in [-0.25, -0.2) is 4.98 Å². The van der Waals surface area contributed by atoms with Crippen molar-refractivity contribution in [1.82, 2.24) is 9.38 Å². The predicted molar refractivity (Wildman–Crippen MR) is 51.3 cm³/mol. The molecule has 0 unspecified atom stereocenters. The number of nitro groups is 1. The Morgan fingerprint density at radius 1 is 1.60 bits per heavy atom. The lowest BCUT2D eigenvalue weighted by atomic mass is 10.3. The minimum absolute atomic E-state index is 0.0589. The molecule has 6 heteroatoms. The Hall–Kier alpha value is -2.42. The number of pyridine rings is 1. The zero-order chi connectivity index (χ0) is 11.0. The first-order chi connectivity index (χ1) is 7.13. The number of nitrogens with zero attached hydrogens (tertiary/aromatic N) is 4. The minimum Gasteiger partial charge on any atom is -0.284 e. The normalized spacial score (nSPS) is 10.1. The highest BCUT2D eigenvalue weighted by molar-refractivity contribution is 5.50. The predicted octanol–water partition coefficient (Wildman–Crippen LogP) is 1.42. The topological polar surface area (TPSA) is 84.2 Å². The number of hydrogen-bond donors (Lipinski definition) is 0. The Kier molecular flexibility index (Phi) is 1.87. The van der Waals surface area contributed by atoms with Crippen LogP contribution < -0.4 is 0 Å². The van der Waals surface area contributed by atoms with Gasteiger partial charge < -0.3 is 0 Å². The molecule has 0 spiro atoms. The zero-order valence-corrected chi connectivity index (χ0v) is 7.84. The maximum absolute atomic E-state index is 10.5. The van der Waals surface area contributed by atoms with Crippen molar-refractivity contribution < 1.29 is 4.92 Å². The number of fused-ring (bicyclic) bond motifs is 1. The zero-order valence-electron chi connectivity index (χ0n) is 7.84. The molecule has 0 aliphatic carbocycles. The van der Waals surface area contributed by atoms with Crippen molar-refractivity contribution in [2.75, 3.05) is 0 Å². The van der Waals surface area contributed by atoms with E-state index in [1.165, 1.54) is 22.7 Å². The summed E-state index contributed by atoms with van der Waals surface area (Å²) in [5.41, 5.74) is 1.37. The molecule has 0 N–H and O–H groups in total. The van der Waals surface area contributed by atoms with Gasteiger partial charge in [-0.3, -0.25) is 14.5 Å². The lowest BCUT2D eigenvalue weighted by molar-refractivity contribution is -0.385. The smallest absolute Gasteiger partial charge is 0.284 e. The summed E-state index contributed by atoms with van der Waals surface area (Å²) in [4.78, 5) is 14.1. The molecule has 2 rings (SSSR count). The van der Waals surface area contributed by atoms with Crippen LogP contribution in [0.2, 0.25) is 0 Å². The van der Waals surface area contributed by atoms with Crippen molar-refractivity contribution in [3.05, 3.63) is 39.8 Å². The van der Waals surface area contributed by atoms with Crippen LogP contribution in [-0.4, -0.2) is 14.3 Å². The molecule has 0 fully saturated rings. The fourth-order valence-electron chi connectivity index (χ4n) is 1.39. The van der Waals surface area contributed by atoms with Gasteiger partial charge in [0.2, 0.25) is 0 Å². The second-order valence-electron chi connectivity index (χ2n) is 3.03. The third-order valence-electron chi connectivity index (χ3n) is 2.09. The van der Waals surface area contributed by atoms with Crippen LogP contribution in [0, 0.1) is 28.4 Å². The summed E-state index contributed by atoms with van der Waals surface area (Å²) in [6.07, 6.45) is 1.30. The van der Waals surface area contributed by atoms with E-state index in [0.29, 0.717) is 17.0 Å². The molecule has 0 bridgehead atoms. The summed E-state index contributed by atoms with van der Waals surface area (Å²) in [7, 11) is 0. The van der Waals surface area contributed by atoms with Crippen LogP contribution in [0.4, 0.5) is 5.69 Å². The molecular formula is C9H6N4O2. The van der Waals surface area contributed by atoms with Gasteiger partial charge >= 0.3 is 0 Å². The van der Waals surface area contributed by atoms with Gasteiger partial charge in [0.15, 0.2) is 0 Å². The lowest BCUT2D eigenvalue weighted by Gasteiger charge is -1.94. The molecule has 0 radical (unpaired) electrons. The standard InChI is InChI=1S/C9H6N4O2/c1-6-8(4-10)12-5-7(13(14)15)2-3-9(12)11-6/h2-3,5H,1H3. The summed E-state index contributed by atoms with van der Waals surface area (Å²) in [5.74, 6) is 0. The molecular weight excluding hydrogens is 196 g/mol. The minimum atomic E-state index is -0.504. The second-order valence-corrected chi connectivity index (χ2v) is 3.03. The Labute approximate surface area is 84.5 Å². The third kappa shape index (κ3) is 1.30. The molecule has 0 atom stereocenters. The molecule has 0 aliphatic heterocycles. The molecule has 0 saturated carbocycles. The Bertz CT molecular complexity index is 594. The van der Waals surface area contributed by atoms with Crippen molar-refractivity contribution in [2.45, 2.75) is 6.92 Å². The van der Waals surface area contributed by atoms with Crippen LogP contribution in [0.1, 0.15) is 11.4 Å². The molecule has 2 aromatic rings. The largest absolute Gasteiger partial charge is 0.286 e. The molecule has 2 heterocycles. The maximum Gasteiger partial charge on any atom is 0.286 e. The number of aromatic nitrogens is 2. The van der Waals surface area contributed by atoms with Crippen LogP contribution in [0.3, 0.4) is 0 Å². The van der Waals surface area contributed by atoms with Gasteiger partial charge in [-0.05, 0) is 13.0 Å². The van der Waals surface area contributed by atoms with Gasteiger partial charge in [0.25, 0.3) is 5.69 Å². The van der Waals surface area contributed by atoms with E-state index in [4.69, 9.17) is 5.26 Å². The highest BCUT2D eigenvalue weighted by Crippen LogP contribution is 2.16. The van der Waals surface area contributed by atoms with Crippen LogP contribution in [0.5, 0.6) is 0 Å². The second kappa shape index (κ2) is 3.06.